The molecule has 1 N–H and O–H groups in total. The highest BCUT2D eigenvalue weighted by atomic mass is 16.4. The normalized spacial score (nSPS) is 17.0. The molecular formula is C18H15NO3. The number of fused-ring (bicyclic) bond motifs is 1. The average molecular weight is 293 g/mol. The Kier molecular flexibility index (Phi) is 3.74. The van der Waals surface area contributed by atoms with Gasteiger partial charge in [-0.25, -0.2) is 4.79 Å². The first-order valence-corrected chi connectivity index (χ1v) is 7.02. The monoisotopic (exact) mass is 293 g/mol. The molecule has 0 fully saturated rings. The van der Waals surface area contributed by atoms with Gasteiger partial charge in [0, 0.05) is 18.2 Å². The van der Waals surface area contributed by atoms with Crippen LogP contribution in [-0.4, -0.2) is 21.9 Å². The zero-order chi connectivity index (χ0) is 15.5. The lowest BCUT2D eigenvalue weighted by Crippen LogP contribution is -2.26. The van der Waals surface area contributed by atoms with Crippen LogP contribution in [0.4, 0.5) is 0 Å². The Morgan fingerprint density at radius 3 is 2.50 bits per heavy atom. The van der Waals surface area contributed by atoms with E-state index in [2.05, 4.69) is 0 Å². The molecule has 0 aromatic heterocycles. The summed E-state index contributed by atoms with van der Waals surface area (Å²) in [5, 5.41) is 8.87. The van der Waals surface area contributed by atoms with Crippen LogP contribution in [0, 0.1) is 0 Å². The highest BCUT2D eigenvalue weighted by Crippen LogP contribution is 2.35. The molecule has 0 saturated heterocycles. The molecule has 0 spiro atoms. The van der Waals surface area contributed by atoms with E-state index in [4.69, 9.17) is 5.11 Å². The van der Waals surface area contributed by atoms with Gasteiger partial charge in [-0.05, 0) is 17.2 Å². The third kappa shape index (κ3) is 2.63. The second kappa shape index (κ2) is 5.85. The summed E-state index contributed by atoms with van der Waals surface area (Å²) in [5.41, 5.74) is 2.50. The standard InChI is InChI=1S/C18H15NO3/c20-17(21)11-10-16-14-8-4-5-9-15(14)18(22)19(16)12-13-6-2-1-3-7-13/h1-11,16H,12H2,(H,20,21)/b11-10+. The summed E-state index contributed by atoms with van der Waals surface area (Å²) in [6.07, 6.45) is 2.66. The molecule has 3 rings (SSSR count). The van der Waals surface area contributed by atoms with Crippen LogP contribution in [-0.2, 0) is 11.3 Å². The van der Waals surface area contributed by atoms with Gasteiger partial charge in [0.25, 0.3) is 5.91 Å². The summed E-state index contributed by atoms with van der Waals surface area (Å²) in [6.45, 7) is 0.447. The van der Waals surface area contributed by atoms with E-state index in [1.54, 1.807) is 17.0 Å². The molecular weight excluding hydrogens is 278 g/mol. The van der Waals surface area contributed by atoms with Crippen LogP contribution in [0.5, 0.6) is 0 Å². The van der Waals surface area contributed by atoms with Crippen molar-refractivity contribution in [3.8, 4) is 0 Å². The van der Waals surface area contributed by atoms with E-state index in [1.165, 1.54) is 0 Å². The summed E-state index contributed by atoms with van der Waals surface area (Å²) in [6, 6.07) is 16.7. The summed E-state index contributed by atoms with van der Waals surface area (Å²) in [7, 11) is 0. The van der Waals surface area contributed by atoms with Crippen LogP contribution >= 0.6 is 0 Å². The Morgan fingerprint density at radius 1 is 1.09 bits per heavy atom. The number of rotatable bonds is 4. The zero-order valence-electron chi connectivity index (χ0n) is 11.8. The highest BCUT2D eigenvalue weighted by Gasteiger charge is 2.34. The number of carboxylic acids is 1. The fourth-order valence-corrected chi connectivity index (χ4v) is 2.73. The van der Waals surface area contributed by atoms with Crippen LogP contribution in [0.25, 0.3) is 0 Å². The molecule has 4 heteroatoms. The molecule has 0 saturated carbocycles. The van der Waals surface area contributed by atoms with E-state index in [0.717, 1.165) is 17.2 Å². The number of aliphatic carboxylic acids is 1. The van der Waals surface area contributed by atoms with Crippen molar-refractivity contribution in [3.05, 3.63) is 83.4 Å². The molecule has 0 radical (unpaired) electrons. The van der Waals surface area contributed by atoms with Gasteiger partial charge in [0.2, 0.25) is 0 Å². The van der Waals surface area contributed by atoms with E-state index < -0.39 is 5.97 Å². The second-order valence-electron chi connectivity index (χ2n) is 5.15. The summed E-state index contributed by atoms with van der Waals surface area (Å²) in [5.74, 6) is -1.09. The molecule has 22 heavy (non-hydrogen) atoms. The number of hydrogen-bond acceptors (Lipinski definition) is 2. The Bertz CT molecular complexity index is 737. The van der Waals surface area contributed by atoms with Crippen molar-refractivity contribution in [1.29, 1.82) is 0 Å². The predicted octanol–water partition coefficient (Wildman–Crippen LogP) is 3.02. The van der Waals surface area contributed by atoms with Gasteiger partial charge in [-0.1, -0.05) is 54.6 Å². The van der Waals surface area contributed by atoms with Crippen molar-refractivity contribution in [1.82, 2.24) is 4.90 Å². The minimum absolute atomic E-state index is 0.0699. The molecule has 2 aromatic carbocycles. The van der Waals surface area contributed by atoms with Gasteiger partial charge in [-0.3, -0.25) is 4.79 Å². The molecule has 2 aromatic rings. The Hall–Kier alpha value is -2.88. The maximum absolute atomic E-state index is 12.6. The van der Waals surface area contributed by atoms with Gasteiger partial charge in [0.15, 0.2) is 0 Å². The van der Waals surface area contributed by atoms with Gasteiger partial charge >= 0.3 is 5.97 Å². The Labute approximate surface area is 128 Å². The molecule has 4 nitrogen and oxygen atoms in total. The maximum Gasteiger partial charge on any atom is 0.328 e. The lowest BCUT2D eigenvalue weighted by Gasteiger charge is -2.23. The number of nitrogens with zero attached hydrogens (tertiary/aromatic N) is 1. The van der Waals surface area contributed by atoms with E-state index >= 15 is 0 Å². The fourth-order valence-electron chi connectivity index (χ4n) is 2.73. The van der Waals surface area contributed by atoms with E-state index in [0.29, 0.717) is 12.1 Å². The molecule has 1 aliphatic heterocycles. The maximum atomic E-state index is 12.6. The van der Waals surface area contributed by atoms with Crippen LogP contribution < -0.4 is 0 Å². The minimum atomic E-state index is -1.02. The van der Waals surface area contributed by atoms with Crippen molar-refractivity contribution in [3.63, 3.8) is 0 Å². The molecule has 0 bridgehead atoms. The molecule has 1 heterocycles. The van der Waals surface area contributed by atoms with Gasteiger partial charge in [0.05, 0.1) is 6.04 Å². The fraction of sp³-hybridized carbons (Fsp3) is 0.111. The molecule has 1 aliphatic rings. The first kappa shape index (κ1) is 14.1. The molecule has 110 valence electrons. The van der Waals surface area contributed by atoms with Gasteiger partial charge < -0.3 is 10.0 Å². The number of carbonyl (C=O) groups excluding carboxylic acids is 1. The van der Waals surface area contributed by atoms with Crippen LogP contribution in [0.2, 0.25) is 0 Å². The zero-order valence-corrected chi connectivity index (χ0v) is 11.8. The largest absolute Gasteiger partial charge is 0.478 e. The van der Waals surface area contributed by atoms with Crippen LogP contribution in [0.3, 0.4) is 0 Å². The Balaban J connectivity index is 1.97. The van der Waals surface area contributed by atoms with Crippen LogP contribution in [0.15, 0.2) is 66.7 Å². The van der Waals surface area contributed by atoms with Crippen molar-refractivity contribution in [2.45, 2.75) is 12.6 Å². The average Bonchev–Trinajstić information content (AvgIpc) is 2.79. The minimum Gasteiger partial charge on any atom is -0.478 e. The molecule has 0 aliphatic carbocycles. The van der Waals surface area contributed by atoms with Crippen LogP contribution in [0.1, 0.15) is 27.5 Å². The molecule has 1 unspecified atom stereocenters. The second-order valence-corrected chi connectivity index (χ2v) is 5.15. The number of hydrogen-bond donors (Lipinski definition) is 1. The summed E-state index contributed by atoms with van der Waals surface area (Å²) < 4.78 is 0. The smallest absolute Gasteiger partial charge is 0.328 e. The first-order chi connectivity index (χ1) is 10.7. The van der Waals surface area contributed by atoms with Gasteiger partial charge in [-0.2, -0.15) is 0 Å². The summed E-state index contributed by atoms with van der Waals surface area (Å²) >= 11 is 0. The first-order valence-electron chi connectivity index (χ1n) is 7.02. The van der Waals surface area contributed by atoms with Crippen molar-refractivity contribution < 1.29 is 14.7 Å². The number of carbonyl (C=O) groups is 2. The van der Waals surface area contributed by atoms with E-state index in [9.17, 15) is 9.59 Å². The SMILES string of the molecule is O=C(O)/C=C/C1c2ccccc2C(=O)N1Cc1ccccc1. The Morgan fingerprint density at radius 2 is 1.77 bits per heavy atom. The quantitative estimate of drug-likeness (QED) is 0.882. The van der Waals surface area contributed by atoms with Gasteiger partial charge in [-0.15, -0.1) is 0 Å². The van der Waals surface area contributed by atoms with E-state index in [-0.39, 0.29) is 11.9 Å². The van der Waals surface area contributed by atoms with E-state index in [1.807, 2.05) is 48.5 Å². The molecule has 1 amide bonds. The molecule has 1 atom stereocenters. The van der Waals surface area contributed by atoms with Crippen molar-refractivity contribution >= 4 is 11.9 Å². The number of benzene rings is 2. The van der Waals surface area contributed by atoms with Crippen molar-refractivity contribution in [2.75, 3.05) is 0 Å². The third-order valence-electron chi connectivity index (χ3n) is 3.72. The predicted molar refractivity (Wildman–Crippen MR) is 82.3 cm³/mol. The summed E-state index contributed by atoms with van der Waals surface area (Å²) in [4.78, 5) is 25.1. The third-order valence-corrected chi connectivity index (χ3v) is 3.72. The van der Waals surface area contributed by atoms with Crippen molar-refractivity contribution in [2.24, 2.45) is 0 Å². The highest BCUT2D eigenvalue weighted by molar-refractivity contribution is 5.99. The topological polar surface area (TPSA) is 57.6 Å². The lowest BCUT2D eigenvalue weighted by molar-refractivity contribution is -0.131. The number of amides is 1. The van der Waals surface area contributed by atoms with Gasteiger partial charge in [0.1, 0.15) is 0 Å². The number of carboxylic acid groups (broad SMARTS) is 1. The lowest BCUT2D eigenvalue weighted by atomic mass is 10.0.